The van der Waals surface area contributed by atoms with Crippen LogP contribution in [0.3, 0.4) is 0 Å². The topological polar surface area (TPSA) is 84.9 Å². The van der Waals surface area contributed by atoms with Crippen molar-refractivity contribution in [1.29, 1.82) is 0 Å². The summed E-state index contributed by atoms with van der Waals surface area (Å²) in [7, 11) is -2.50. The Morgan fingerprint density at radius 3 is 2.39 bits per heavy atom. The molecule has 1 N–H and O–H groups in total. The minimum Gasteiger partial charge on any atom is -0.495 e. The Morgan fingerprint density at radius 2 is 1.79 bits per heavy atom. The van der Waals surface area contributed by atoms with Crippen LogP contribution in [-0.2, 0) is 14.8 Å². The van der Waals surface area contributed by atoms with Crippen LogP contribution in [0.5, 0.6) is 5.75 Å². The molecule has 10 heteroatoms. The van der Waals surface area contributed by atoms with Gasteiger partial charge in [-0.3, -0.25) is 4.79 Å². The van der Waals surface area contributed by atoms with Crippen LogP contribution < -0.4 is 10.1 Å². The van der Waals surface area contributed by atoms with E-state index in [1.165, 1.54) is 29.6 Å². The number of methoxy groups -OCH3 is 1. The third kappa shape index (κ3) is 3.98. The number of rotatable bonds is 5. The summed E-state index contributed by atoms with van der Waals surface area (Å²) in [6.07, 6.45) is 0. The van der Waals surface area contributed by atoms with E-state index in [-0.39, 0.29) is 42.6 Å². The Labute approximate surface area is 160 Å². The van der Waals surface area contributed by atoms with Gasteiger partial charge < -0.3 is 14.8 Å². The molecule has 0 radical (unpaired) electrons. The maximum absolute atomic E-state index is 13.9. The number of amides is 1. The minimum absolute atomic E-state index is 0.0236. The molecular formula is C18H18F2N2O5S. The molecular weight excluding hydrogens is 394 g/mol. The molecule has 0 aromatic heterocycles. The average molecular weight is 412 g/mol. The molecule has 0 atom stereocenters. The van der Waals surface area contributed by atoms with Gasteiger partial charge in [0, 0.05) is 13.1 Å². The highest BCUT2D eigenvalue weighted by Gasteiger charge is 2.27. The molecule has 1 amide bonds. The summed E-state index contributed by atoms with van der Waals surface area (Å²) in [5.74, 6) is -2.98. The largest absolute Gasteiger partial charge is 0.495 e. The van der Waals surface area contributed by atoms with Gasteiger partial charge in [-0.15, -0.1) is 0 Å². The summed E-state index contributed by atoms with van der Waals surface area (Å²) in [6.45, 7) is 0.976. The number of nitrogens with one attached hydrogen (secondary N) is 1. The Morgan fingerprint density at radius 1 is 1.14 bits per heavy atom. The number of nitrogens with zero attached hydrogens (tertiary/aromatic N) is 1. The van der Waals surface area contributed by atoms with Crippen molar-refractivity contribution in [3.63, 3.8) is 0 Å². The van der Waals surface area contributed by atoms with Gasteiger partial charge in [0.15, 0.2) is 0 Å². The first kappa shape index (κ1) is 20.2. The number of ether oxygens (including phenoxy) is 2. The average Bonchev–Trinajstić information content (AvgIpc) is 2.68. The maximum Gasteiger partial charge on any atom is 0.261 e. The van der Waals surface area contributed by atoms with Crippen LogP contribution in [0.25, 0.3) is 0 Å². The van der Waals surface area contributed by atoms with E-state index in [1.54, 1.807) is 0 Å². The fourth-order valence-corrected chi connectivity index (χ4v) is 4.22. The first-order valence-corrected chi connectivity index (χ1v) is 9.80. The lowest BCUT2D eigenvalue weighted by molar-refractivity contribution is 0.0730. The molecule has 7 nitrogen and oxygen atoms in total. The molecule has 1 saturated heterocycles. The number of halogens is 2. The zero-order valence-electron chi connectivity index (χ0n) is 14.9. The van der Waals surface area contributed by atoms with E-state index in [0.717, 1.165) is 18.2 Å². The molecule has 1 heterocycles. The molecule has 0 unspecified atom stereocenters. The first-order valence-electron chi connectivity index (χ1n) is 8.36. The van der Waals surface area contributed by atoms with Crippen LogP contribution in [0.1, 0.15) is 10.4 Å². The van der Waals surface area contributed by atoms with Gasteiger partial charge in [-0.05, 0) is 30.3 Å². The highest BCUT2D eigenvalue weighted by Crippen LogP contribution is 2.30. The van der Waals surface area contributed by atoms with Crippen molar-refractivity contribution in [2.75, 3.05) is 38.7 Å². The number of carbonyl (C=O) groups excluding carboxylic acids is 1. The molecule has 0 aliphatic carbocycles. The predicted octanol–water partition coefficient (Wildman–Crippen LogP) is 2.25. The summed E-state index contributed by atoms with van der Waals surface area (Å²) < 4.78 is 64.9. The van der Waals surface area contributed by atoms with E-state index >= 15 is 0 Å². The minimum atomic E-state index is -3.83. The fraction of sp³-hybridized carbons (Fsp3) is 0.278. The van der Waals surface area contributed by atoms with Gasteiger partial charge in [-0.1, -0.05) is 6.07 Å². The number of anilines is 1. The van der Waals surface area contributed by atoms with E-state index < -0.39 is 33.1 Å². The molecule has 0 spiro atoms. The fourth-order valence-electron chi connectivity index (χ4n) is 2.78. The standard InChI is InChI=1S/C18H18F2N2O5S/c1-26-16-6-5-12(28(24,25)22-7-9-27-10-8-22)11-15(16)21-18(23)17-13(19)3-2-4-14(17)20/h2-6,11H,7-10H2,1H3,(H,21,23). The van der Waals surface area contributed by atoms with E-state index in [0.29, 0.717) is 0 Å². The second-order valence-electron chi connectivity index (χ2n) is 5.93. The van der Waals surface area contributed by atoms with Crippen LogP contribution >= 0.6 is 0 Å². The molecule has 0 bridgehead atoms. The number of hydrogen-bond donors (Lipinski definition) is 1. The van der Waals surface area contributed by atoms with Crippen molar-refractivity contribution >= 4 is 21.6 Å². The van der Waals surface area contributed by atoms with Gasteiger partial charge in [-0.2, -0.15) is 4.31 Å². The van der Waals surface area contributed by atoms with Crippen molar-refractivity contribution in [2.24, 2.45) is 0 Å². The summed E-state index contributed by atoms with van der Waals surface area (Å²) in [5.41, 5.74) is -0.796. The zero-order chi connectivity index (χ0) is 20.3. The van der Waals surface area contributed by atoms with Crippen LogP contribution in [0.15, 0.2) is 41.3 Å². The summed E-state index contributed by atoms with van der Waals surface area (Å²) >= 11 is 0. The number of morpholine rings is 1. The van der Waals surface area contributed by atoms with Gasteiger partial charge in [0.2, 0.25) is 10.0 Å². The van der Waals surface area contributed by atoms with Gasteiger partial charge in [-0.25, -0.2) is 17.2 Å². The maximum atomic E-state index is 13.9. The van der Waals surface area contributed by atoms with Crippen molar-refractivity contribution in [3.05, 3.63) is 53.6 Å². The molecule has 1 fully saturated rings. The summed E-state index contributed by atoms with van der Waals surface area (Å²) in [6, 6.07) is 6.94. The molecule has 1 aliphatic rings. The van der Waals surface area contributed by atoms with E-state index in [9.17, 15) is 22.0 Å². The van der Waals surface area contributed by atoms with Crippen LogP contribution in [-0.4, -0.2) is 52.0 Å². The van der Waals surface area contributed by atoms with Gasteiger partial charge in [0.25, 0.3) is 5.91 Å². The molecule has 2 aromatic rings. The molecule has 150 valence electrons. The predicted molar refractivity (Wildman–Crippen MR) is 96.9 cm³/mol. The molecule has 28 heavy (non-hydrogen) atoms. The Hall–Kier alpha value is -2.56. The Kier molecular flexibility index (Phi) is 5.92. The van der Waals surface area contributed by atoms with Crippen LogP contribution in [0.4, 0.5) is 14.5 Å². The van der Waals surface area contributed by atoms with E-state index in [4.69, 9.17) is 9.47 Å². The molecule has 0 saturated carbocycles. The zero-order valence-corrected chi connectivity index (χ0v) is 15.8. The van der Waals surface area contributed by atoms with Gasteiger partial charge >= 0.3 is 0 Å². The SMILES string of the molecule is COc1ccc(S(=O)(=O)N2CCOCC2)cc1NC(=O)c1c(F)cccc1F. The first-order chi connectivity index (χ1) is 13.3. The normalized spacial score (nSPS) is 15.2. The Bertz CT molecular complexity index is 971. The molecule has 3 rings (SSSR count). The van der Waals surface area contributed by atoms with Crippen molar-refractivity contribution < 1.29 is 31.5 Å². The number of hydrogen-bond acceptors (Lipinski definition) is 5. The number of benzene rings is 2. The smallest absolute Gasteiger partial charge is 0.261 e. The Balaban J connectivity index is 1.94. The monoisotopic (exact) mass is 412 g/mol. The lowest BCUT2D eigenvalue weighted by Crippen LogP contribution is -2.40. The van der Waals surface area contributed by atoms with Crippen molar-refractivity contribution in [2.45, 2.75) is 4.90 Å². The molecule has 1 aliphatic heterocycles. The van der Waals surface area contributed by atoms with Gasteiger partial charge in [0.05, 0.1) is 30.9 Å². The quantitative estimate of drug-likeness (QED) is 0.814. The highest BCUT2D eigenvalue weighted by atomic mass is 32.2. The second kappa shape index (κ2) is 8.21. The third-order valence-electron chi connectivity index (χ3n) is 4.22. The van der Waals surface area contributed by atoms with E-state index in [1.807, 2.05) is 0 Å². The lowest BCUT2D eigenvalue weighted by atomic mass is 10.1. The molecule has 2 aromatic carbocycles. The summed E-state index contributed by atoms with van der Waals surface area (Å²) in [5, 5.41) is 2.32. The number of carbonyl (C=O) groups is 1. The number of sulfonamides is 1. The highest BCUT2D eigenvalue weighted by molar-refractivity contribution is 7.89. The summed E-state index contributed by atoms with van der Waals surface area (Å²) in [4.78, 5) is 12.3. The lowest BCUT2D eigenvalue weighted by Gasteiger charge is -2.26. The second-order valence-corrected chi connectivity index (χ2v) is 7.87. The van der Waals surface area contributed by atoms with Crippen LogP contribution in [0, 0.1) is 11.6 Å². The van der Waals surface area contributed by atoms with Crippen molar-refractivity contribution in [3.8, 4) is 5.75 Å². The van der Waals surface area contributed by atoms with Gasteiger partial charge in [0.1, 0.15) is 22.9 Å². The van der Waals surface area contributed by atoms with E-state index in [2.05, 4.69) is 5.32 Å². The third-order valence-corrected chi connectivity index (χ3v) is 6.11. The van der Waals surface area contributed by atoms with Crippen LogP contribution in [0.2, 0.25) is 0 Å². The van der Waals surface area contributed by atoms with Crippen molar-refractivity contribution in [1.82, 2.24) is 4.31 Å².